The molecule has 0 saturated heterocycles. The quantitative estimate of drug-likeness (QED) is 0.656. The largest absolute Gasteiger partial charge is 0.507 e. The third-order valence-electron chi connectivity index (χ3n) is 5.27. The number of phenols is 1. The SMILES string of the molecule is CCN(CC)S(=O)(=O)c1ccc(O)c(C(=O)OCC(=O)N2CCCc3ccccc32)c1. The molecule has 0 aromatic heterocycles. The summed E-state index contributed by atoms with van der Waals surface area (Å²) in [7, 11) is -3.82. The van der Waals surface area contributed by atoms with Gasteiger partial charge < -0.3 is 14.7 Å². The molecule has 2 aromatic carbocycles. The molecule has 31 heavy (non-hydrogen) atoms. The zero-order chi connectivity index (χ0) is 22.6. The van der Waals surface area contributed by atoms with E-state index in [1.165, 1.54) is 10.4 Å². The zero-order valence-electron chi connectivity index (χ0n) is 17.6. The molecule has 0 aliphatic carbocycles. The van der Waals surface area contributed by atoms with Gasteiger partial charge in [0, 0.05) is 25.3 Å². The van der Waals surface area contributed by atoms with Crippen LogP contribution >= 0.6 is 0 Å². The molecule has 0 unspecified atom stereocenters. The van der Waals surface area contributed by atoms with Gasteiger partial charge in [-0.2, -0.15) is 4.31 Å². The lowest BCUT2D eigenvalue weighted by molar-refractivity contribution is -0.121. The molecule has 0 fully saturated rings. The Labute approximate surface area is 182 Å². The van der Waals surface area contributed by atoms with Crippen molar-refractivity contribution < 1.29 is 27.9 Å². The fourth-order valence-corrected chi connectivity index (χ4v) is 5.11. The summed E-state index contributed by atoms with van der Waals surface area (Å²) in [6.07, 6.45) is 1.68. The normalized spacial score (nSPS) is 13.7. The zero-order valence-corrected chi connectivity index (χ0v) is 18.4. The van der Waals surface area contributed by atoms with Crippen LogP contribution in [0, 0.1) is 0 Å². The number of aromatic hydroxyl groups is 1. The second kappa shape index (κ2) is 9.49. The number of amides is 1. The van der Waals surface area contributed by atoms with E-state index >= 15 is 0 Å². The van der Waals surface area contributed by atoms with E-state index < -0.39 is 28.3 Å². The predicted octanol–water partition coefficient (Wildman–Crippen LogP) is 2.56. The minimum Gasteiger partial charge on any atom is -0.507 e. The first-order chi connectivity index (χ1) is 14.8. The first-order valence-electron chi connectivity index (χ1n) is 10.2. The number of nitrogens with zero attached hydrogens (tertiary/aromatic N) is 2. The molecule has 1 aliphatic heterocycles. The van der Waals surface area contributed by atoms with E-state index in [1.54, 1.807) is 18.7 Å². The average Bonchev–Trinajstić information content (AvgIpc) is 2.77. The van der Waals surface area contributed by atoms with Crippen LogP contribution in [0.4, 0.5) is 5.69 Å². The van der Waals surface area contributed by atoms with E-state index in [0.29, 0.717) is 6.54 Å². The van der Waals surface area contributed by atoms with Crippen molar-refractivity contribution in [2.45, 2.75) is 31.6 Å². The molecule has 0 atom stereocenters. The fraction of sp³-hybridized carbons (Fsp3) is 0.364. The molecule has 0 spiro atoms. The van der Waals surface area contributed by atoms with Crippen molar-refractivity contribution in [3.05, 3.63) is 53.6 Å². The number of carbonyl (C=O) groups is 2. The maximum Gasteiger partial charge on any atom is 0.342 e. The van der Waals surface area contributed by atoms with E-state index in [1.807, 2.05) is 24.3 Å². The van der Waals surface area contributed by atoms with E-state index in [2.05, 4.69) is 0 Å². The molecular formula is C22H26N2O6S. The van der Waals surface area contributed by atoms with Crippen LogP contribution in [0.25, 0.3) is 0 Å². The predicted molar refractivity (Wildman–Crippen MR) is 116 cm³/mol. The van der Waals surface area contributed by atoms with E-state index in [9.17, 15) is 23.1 Å². The van der Waals surface area contributed by atoms with E-state index in [4.69, 9.17) is 4.74 Å². The lowest BCUT2D eigenvalue weighted by atomic mass is 10.0. The van der Waals surface area contributed by atoms with Gasteiger partial charge in [0.15, 0.2) is 6.61 Å². The maximum atomic E-state index is 12.7. The minimum absolute atomic E-state index is 0.128. The number of sulfonamides is 1. The van der Waals surface area contributed by atoms with Crippen molar-refractivity contribution in [1.82, 2.24) is 4.31 Å². The van der Waals surface area contributed by atoms with Crippen LogP contribution in [0.1, 0.15) is 36.2 Å². The summed E-state index contributed by atoms with van der Waals surface area (Å²) in [5, 5.41) is 10.1. The van der Waals surface area contributed by atoms with Crippen LogP contribution < -0.4 is 4.90 Å². The van der Waals surface area contributed by atoms with Gasteiger partial charge in [0.25, 0.3) is 5.91 Å². The van der Waals surface area contributed by atoms with Gasteiger partial charge in [-0.15, -0.1) is 0 Å². The van der Waals surface area contributed by atoms with Crippen LogP contribution in [-0.2, 0) is 26.0 Å². The molecular weight excluding hydrogens is 420 g/mol. The molecule has 3 rings (SSSR count). The molecule has 1 aliphatic rings. The van der Waals surface area contributed by atoms with Crippen molar-refractivity contribution in [2.24, 2.45) is 0 Å². The highest BCUT2D eigenvalue weighted by Crippen LogP contribution is 2.27. The van der Waals surface area contributed by atoms with Crippen molar-refractivity contribution in [2.75, 3.05) is 31.1 Å². The Bertz CT molecular complexity index is 1080. The number of esters is 1. The van der Waals surface area contributed by atoms with E-state index in [-0.39, 0.29) is 29.5 Å². The number of fused-ring (bicyclic) bond motifs is 1. The summed E-state index contributed by atoms with van der Waals surface area (Å²) in [6, 6.07) is 11.0. The second-order valence-corrected chi connectivity index (χ2v) is 9.06. The summed E-state index contributed by atoms with van der Waals surface area (Å²) < 4.78 is 31.8. The standard InChI is InChI=1S/C22H26N2O6S/c1-3-23(4-2)31(28,29)17-11-12-20(25)18(14-17)22(27)30-15-21(26)24-13-7-9-16-8-5-6-10-19(16)24/h5-6,8,10-12,14,25H,3-4,7,9,13,15H2,1-2H3. The summed E-state index contributed by atoms with van der Waals surface area (Å²) in [4.78, 5) is 26.6. The number of hydrogen-bond acceptors (Lipinski definition) is 6. The third-order valence-corrected chi connectivity index (χ3v) is 7.32. The number of carbonyl (C=O) groups excluding carboxylic acids is 2. The van der Waals surface area contributed by atoms with E-state index in [0.717, 1.165) is 36.2 Å². The van der Waals surface area contributed by atoms with Crippen molar-refractivity contribution in [3.8, 4) is 5.75 Å². The highest BCUT2D eigenvalue weighted by molar-refractivity contribution is 7.89. The number of hydrogen-bond donors (Lipinski definition) is 1. The van der Waals surface area contributed by atoms with Crippen molar-refractivity contribution in [1.29, 1.82) is 0 Å². The Hall–Kier alpha value is -2.91. The molecule has 8 nitrogen and oxygen atoms in total. The Morgan fingerprint density at radius 2 is 1.84 bits per heavy atom. The summed E-state index contributed by atoms with van der Waals surface area (Å²) >= 11 is 0. The van der Waals surface area contributed by atoms with Gasteiger partial charge in [-0.05, 0) is 42.7 Å². The van der Waals surface area contributed by atoms with Gasteiger partial charge in [0.2, 0.25) is 10.0 Å². The fourth-order valence-electron chi connectivity index (χ4n) is 3.63. The van der Waals surface area contributed by atoms with Gasteiger partial charge in [-0.25, -0.2) is 13.2 Å². The monoisotopic (exact) mass is 446 g/mol. The molecule has 2 aromatic rings. The lowest BCUT2D eigenvalue weighted by Crippen LogP contribution is -2.38. The number of para-hydroxylation sites is 1. The van der Waals surface area contributed by atoms with Crippen molar-refractivity contribution in [3.63, 3.8) is 0 Å². The van der Waals surface area contributed by atoms with Gasteiger partial charge >= 0.3 is 5.97 Å². The van der Waals surface area contributed by atoms with Crippen LogP contribution in [0.5, 0.6) is 5.75 Å². The Kier molecular flexibility index (Phi) is 6.97. The van der Waals surface area contributed by atoms with Gasteiger partial charge in [0.05, 0.1) is 4.90 Å². The highest BCUT2D eigenvalue weighted by atomic mass is 32.2. The Morgan fingerprint density at radius 1 is 1.13 bits per heavy atom. The number of anilines is 1. The molecule has 166 valence electrons. The Balaban J connectivity index is 1.75. The van der Waals surface area contributed by atoms with Gasteiger partial charge in [-0.3, -0.25) is 4.79 Å². The smallest absolute Gasteiger partial charge is 0.342 e. The first kappa shape index (κ1) is 22.8. The topological polar surface area (TPSA) is 104 Å². The third kappa shape index (κ3) is 4.72. The summed E-state index contributed by atoms with van der Waals surface area (Å²) in [5.74, 6) is -1.76. The lowest BCUT2D eigenvalue weighted by Gasteiger charge is -2.29. The van der Waals surface area contributed by atoms with Gasteiger partial charge in [-0.1, -0.05) is 32.0 Å². The molecule has 0 bridgehead atoms. The number of benzene rings is 2. The van der Waals surface area contributed by atoms with Crippen LogP contribution in [-0.4, -0.2) is 55.9 Å². The number of ether oxygens (including phenoxy) is 1. The van der Waals surface area contributed by atoms with Crippen LogP contribution in [0.15, 0.2) is 47.4 Å². The maximum absolute atomic E-state index is 12.7. The minimum atomic E-state index is -3.82. The molecule has 0 radical (unpaired) electrons. The number of rotatable bonds is 7. The van der Waals surface area contributed by atoms with Gasteiger partial charge in [0.1, 0.15) is 11.3 Å². The Morgan fingerprint density at radius 3 is 2.55 bits per heavy atom. The number of phenolic OH excluding ortho intramolecular Hbond substituents is 1. The molecule has 1 N–H and O–H groups in total. The van der Waals surface area contributed by atoms with Crippen molar-refractivity contribution >= 4 is 27.6 Å². The highest BCUT2D eigenvalue weighted by Gasteiger charge is 2.26. The second-order valence-electron chi connectivity index (χ2n) is 7.12. The molecule has 1 amide bonds. The van der Waals surface area contributed by atoms with Crippen LogP contribution in [0.2, 0.25) is 0 Å². The summed E-state index contributed by atoms with van der Waals surface area (Å²) in [6.45, 7) is 3.97. The molecule has 0 saturated carbocycles. The molecule has 1 heterocycles. The average molecular weight is 447 g/mol. The van der Waals surface area contributed by atoms with Crippen LogP contribution in [0.3, 0.4) is 0 Å². The first-order valence-corrected chi connectivity index (χ1v) is 11.6. The number of aryl methyl sites for hydroxylation is 1. The molecule has 9 heteroatoms. The summed E-state index contributed by atoms with van der Waals surface area (Å²) in [5.41, 5.74) is 1.55.